The monoisotopic (exact) mass is 383 g/mol. The van der Waals surface area contributed by atoms with Gasteiger partial charge in [0.1, 0.15) is 17.3 Å². The van der Waals surface area contributed by atoms with Crippen LogP contribution in [0.25, 0.3) is 5.69 Å². The molecular weight excluding hydrogens is 366 g/mol. The maximum absolute atomic E-state index is 12.8. The molecule has 142 valence electrons. The first-order valence-corrected chi connectivity index (χ1v) is 9.28. The van der Waals surface area contributed by atoms with Crippen molar-refractivity contribution in [3.05, 3.63) is 116 Å². The first-order valence-electron chi connectivity index (χ1n) is 9.28. The Hall–Kier alpha value is -3.93. The van der Waals surface area contributed by atoms with Crippen LogP contribution in [0.4, 0.5) is 0 Å². The van der Waals surface area contributed by atoms with Crippen LogP contribution >= 0.6 is 0 Å². The second kappa shape index (κ2) is 6.60. The van der Waals surface area contributed by atoms with Crippen molar-refractivity contribution in [1.29, 1.82) is 0 Å². The topological polar surface area (TPSA) is 77.0 Å². The fraction of sp³-hybridized carbons (Fsp3) is 0.0870. The lowest BCUT2D eigenvalue weighted by molar-refractivity contribution is 0.448. The van der Waals surface area contributed by atoms with Crippen LogP contribution in [0.2, 0.25) is 0 Å². The Morgan fingerprint density at radius 1 is 0.862 bits per heavy atom. The Morgan fingerprint density at radius 2 is 1.45 bits per heavy atom. The predicted molar refractivity (Wildman–Crippen MR) is 109 cm³/mol. The van der Waals surface area contributed by atoms with Gasteiger partial charge < -0.3 is 4.74 Å². The number of hydrogen-bond donors (Lipinski definition) is 1. The summed E-state index contributed by atoms with van der Waals surface area (Å²) in [5, 5.41) is 0. The van der Waals surface area contributed by atoms with Crippen molar-refractivity contribution in [2.24, 2.45) is 0 Å². The van der Waals surface area contributed by atoms with Crippen LogP contribution in [0.1, 0.15) is 28.4 Å². The van der Waals surface area contributed by atoms with Crippen LogP contribution in [-0.4, -0.2) is 14.5 Å². The molecule has 0 radical (unpaired) electrons. The molecule has 5 rings (SSSR count). The van der Waals surface area contributed by atoms with Crippen molar-refractivity contribution in [1.82, 2.24) is 14.5 Å². The smallest absolute Gasteiger partial charge is 0.350 e. The quantitative estimate of drug-likeness (QED) is 0.506. The molecule has 1 aliphatic heterocycles. The highest BCUT2D eigenvalue weighted by molar-refractivity contribution is 5.57. The number of rotatable bonds is 2. The van der Waals surface area contributed by atoms with Gasteiger partial charge in [0.05, 0.1) is 11.6 Å². The highest BCUT2D eigenvalue weighted by Gasteiger charge is 2.32. The summed E-state index contributed by atoms with van der Waals surface area (Å²) >= 11 is 0. The average molecular weight is 383 g/mol. The van der Waals surface area contributed by atoms with Crippen LogP contribution in [0.15, 0.2) is 82.4 Å². The van der Waals surface area contributed by atoms with Crippen molar-refractivity contribution < 1.29 is 4.74 Å². The molecule has 4 aromatic rings. The zero-order valence-electron chi connectivity index (χ0n) is 15.6. The molecule has 3 aromatic carbocycles. The molecule has 0 saturated carbocycles. The van der Waals surface area contributed by atoms with E-state index < -0.39 is 17.3 Å². The lowest BCUT2D eigenvalue weighted by atomic mass is 9.87. The number of nitrogens with zero attached hydrogens (tertiary/aromatic N) is 2. The molecule has 0 saturated heterocycles. The highest BCUT2D eigenvalue weighted by Crippen LogP contribution is 2.46. The average Bonchev–Trinajstić information content (AvgIpc) is 2.72. The van der Waals surface area contributed by atoms with Crippen LogP contribution < -0.4 is 16.1 Å². The summed E-state index contributed by atoms with van der Waals surface area (Å²) in [6.45, 7) is 1.98. The number of para-hydroxylation sites is 2. The molecule has 0 unspecified atom stereocenters. The van der Waals surface area contributed by atoms with Gasteiger partial charge in [-0.15, -0.1) is 0 Å². The van der Waals surface area contributed by atoms with Crippen LogP contribution in [0.5, 0.6) is 11.5 Å². The number of nitrogens with one attached hydrogen (secondary N) is 1. The second-order valence-electron chi connectivity index (χ2n) is 6.99. The molecule has 1 N–H and O–H groups in total. The minimum atomic E-state index is -0.671. The number of aromatic amines is 1. The van der Waals surface area contributed by atoms with E-state index in [1.165, 1.54) is 4.57 Å². The largest absolute Gasteiger partial charge is 0.457 e. The lowest BCUT2D eigenvalue weighted by Crippen LogP contribution is -2.36. The third-order valence-electron chi connectivity index (χ3n) is 5.09. The van der Waals surface area contributed by atoms with E-state index in [0.29, 0.717) is 23.0 Å². The number of H-pyrrole nitrogens is 1. The van der Waals surface area contributed by atoms with Gasteiger partial charge in [0.15, 0.2) is 0 Å². The minimum Gasteiger partial charge on any atom is -0.457 e. The molecule has 1 aromatic heterocycles. The molecule has 0 spiro atoms. The van der Waals surface area contributed by atoms with Gasteiger partial charge in [0.25, 0.3) is 0 Å². The molecule has 6 nitrogen and oxygen atoms in total. The number of benzene rings is 3. The van der Waals surface area contributed by atoms with Gasteiger partial charge in [-0.05, 0) is 31.2 Å². The molecule has 0 amide bonds. The summed E-state index contributed by atoms with van der Waals surface area (Å²) in [7, 11) is 0. The Morgan fingerprint density at radius 3 is 2.07 bits per heavy atom. The van der Waals surface area contributed by atoms with Crippen molar-refractivity contribution >= 4 is 0 Å². The molecule has 6 heteroatoms. The van der Waals surface area contributed by atoms with Crippen LogP contribution in [0, 0.1) is 6.92 Å². The van der Waals surface area contributed by atoms with Gasteiger partial charge >= 0.3 is 11.4 Å². The molecule has 0 fully saturated rings. The highest BCUT2D eigenvalue weighted by atomic mass is 16.5. The zero-order valence-corrected chi connectivity index (χ0v) is 15.6. The Bertz CT molecular complexity index is 1290. The van der Waals surface area contributed by atoms with E-state index in [4.69, 9.17) is 4.74 Å². The van der Waals surface area contributed by atoms with Crippen molar-refractivity contribution in [2.75, 3.05) is 0 Å². The van der Waals surface area contributed by atoms with E-state index in [9.17, 15) is 9.59 Å². The summed E-state index contributed by atoms with van der Waals surface area (Å²) in [6.07, 6.45) is 0. The van der Waals surface area contributed by atoms with E-state index in [1.807, 2.05) is 79.7 Å². The fourth-order valence-electron chi connectivity index (χ4n) is 3.76. The standard InChI is InChI=1S/C23H17N3O3/c1-14-10-12-15(13-11-14)26-21(24-22(27)25-23(26)28)20-16-6-2-4-8-18(16)29-19-9-5-3-7-17(19)20/h2-13,20H,1H3,(H,25,27,28). The van der Waals surface area contributed by atoms with E-state index >= 15 is 0 Å². The van der Waals surface area contributed by atoms with Gasteiger partial charge in [0, 0.05) is 11.1 Å². The summed E-state index contributed by atoms with van der Waals surface area (Å²) in [5.74, 6) is 1.29. The van der Waals surface area contributed by atoms with E-state index in [0.717, 1.165) is 16.7 Å². The molecule has 0 aliphatic carbocycles. The zero-order chi connectivity index (χ0) is 20.0. The SMILES string of the molecule is Cc1ccc(-n2c(C3c4ccccc4Oc4ccccc43)nc(=O)[nH]c2=O)cc1. The second-order valence-corrected chi connectivity index (χ2v) is 6.99. The Balaban J connectivity index is 1.85. The Kier molecular flexibility index (Phi) is 3.91. The van der Waals surface area contributed by atoms with Gasteiger partial charge in [0.2, 0.25) is 0 Å². The first-order chi connectivity index (χ1) is 14.1. The Labute approximate surface area is 166 Å². The predicted octanol–water partition coefficient (Wildman–Crippen LogP) is 3.52. The maximum atomic E-state index is 12.8. The third-order valence-corrected chi connectivity index (χ3v) is 5.09. The number of fused-ring (bicyclic) bond motifs is 2. The number of aromatic nitrogens is 3. The van der Waals surface area contributed by atoms with Crippen molar-refractivity contribution in [2.45, 2.75) is 12.8 Å². The number of ether oxygens (including phenoxy) is 1. The normalized spacial score (nSPS) is 12.7. The number of hydrogen-bond acceptors (Lipinski definition) is 4. The van der Waals surface area contributed by atoms with Gasteiger partial charge in [-0.1, -0.05) is 54.1 Å². The molecular formula is C23H17N3O3. The molecule has 0 atom stereocenters. The minimum absolute atomic E-state index is 0.353. The van der Waals surface area contributed by atoms with Crippen LogP contribution in [-0.2, 0) is 0 Å². The van der Waals surface area contributed by atoms with Crippen molar-refractivity contribution in [3.8, 4) is 17.2 Å². The van der Waals surface area contributed by atoms with Gasteiger partial charge in [-0.25, -0.2) is 14.2 Å². The molecule has 29 heavy (non-hydrogen) atoms. The van der Waals surface area contributed by atoms with E-state index in [2.05, 4.69) is 9.97 Å². The van der Waals surface area contributed by atoms with Gasteiger partial charge in [-0.3, -0.25) is 4.98 Å². The summed E-state index contributed by atoms with van der Waals surface area (Å²) < 4.78 is 7.51. The summed E-state index contributed by atoms with van der Waals surface area (Å²) in [6, 6.07) is 22.7. The van der Waals surface area contributed by atoms with E-state index in [-0.39, 0.29) is 0 Å². The third kappa shape index (κ3) is 2.86. The van der Waals surface area contributed by atoms with Crippen molar-refractivity contribution in [3.63, 3.8) is 0 Å². The molecule has 0 bridgehead atoms. The number of aryl methyl sites for hydroxylation is 1. The lowest BCUT2D eigenvalue weighted by Gasteiger charge is -2.28. The maximum Gasteiger partial charge on any atom is 0.350 e. The van der Waals surface area contributed by atoms with Gasteiger partial charge in [-0.2, -0.15) is 4.98 Å². The summed E-state index contributed by atoms with van der Waals surface area (Å²) in [5.41, 5.74) is 2.22. The first kappa shape index (κ1) is 17.2. The van der Waals surface area contributed by atoms with E-state index in [1.54, 1.807) is 0 Å². The molecule has 1 aliphatic rings. The summed E-state index contributed by atoms with van der Waals surface area (Å²) in [4.78, 5) is 31.6. The molecule has 2 heterocycles. The fourth-order valence-corrected chi connectivity index (χ4v) is 3.76. The van der Waals surface area contributed by atoms with Crippen LogP contribution in [0.3, 0.4) is 0 Å².